The molecule has 98 valence electrons. The smallest absolute Gasteiger partial charge is 0.320 e. The minimum atomic E-state index is -1.07. The van der Waals surface area contributed by atoms with E-state index in [0.717, 1.165) is 16.2 Å². The molecule has 0 radical (unpaired) electrons. The van der Waals surface area contributed by atoms with Crippen molar-refractivity contribution in [2.24, 2.45) is 0 Å². The summed E-state index contributed by atoms with van der Waals surface area (Å²) in [6.07, 6.45) is 0. The van der Waals surface area contributed by atoms with Crippen molar-refractivity contribution in [3.63, 3.8) is 0 Å². The van der Waals surface area contributed by atoms with Gasteiger partial charge in [-0.25, -0.2) is 0 Å². The molecule has 0 aliphatic rings. The van der Waals surface area contributed by atoms with E-state index < -0.39 is 18.6 Å². The van der Waals surface area contributed by atoms with Gasteiger partial charge in [-0.1, -0.05) is 60.7 Å². The van der Waals surface area contributed by atoms with Crippen LogP contribution in [0, 0.1) is 0 Å². The molecule has 0 amide bonds. The fourth-order valence-corrected chi connectivity index (χ4v) is 2.04. The van der Waals surface area contributed by atoms with Crippen molar-refractivity contribution in [3.05, 3.63) is 71.8 Å². The third-order valence-corrected chi connectivity index (χ3v) is 2.83. The highest BCUT2D eigenvalue weighted by Crippen LogP contribution is 2.26. The molecule has 0 spiro atoms. The molecule has 4 nitrogen and oxygen atoms in total. The summed E-state index contributed by atoms with van der Waals surface area (Å²) in [6.45, 7) is -0.436. The Hall–Kier alpha value is -2.17. The van der Waals surface area contributed by atoms with E-state index in [4.69, 9.17) is 5.11 Å². The summed E-state index contributed by atoms with van der Waals surface area (Å²) in [7, 11) is 0. The molecule has 2 rings (SSSR count). The number of carbonyl (C=O) groups is 1. The van der Waals surface area contributed by atoms with Crippen molar-refractivity contribution in [2.45, 2.75) is 6.04 Å². The number of hydroxylamine groups is 2. The number of nitrogens with zero attached hydrogens (tertiary/aromatic N) is 1. The van der Waals surface area contributed by atoms with Crippen LogP contribution in [0.2, 0.25) is 0 Å². The topological polar surface area (TPSA) is 60.8 Å². The van der Waals surface area contributed by atoms with Crippen molar-refractivity contribution in [1.29, 1.82) is 0 Å². The first kappa shape index (κ1) is 13.3. The SMILES string of the molecule is O=C(O)CN(O)C(c1ccccc1)c1ccccc1. The van der Waals surface area contributed by atoms with Gasteiger partial charge in [0, 0.05) is 0 Å². The first-order valence-electron chi connectivity index (χ1n) is 5.95. The van der Waals surface area contributed by atoms with E-state index in [9.17, 15) is 10.0 Å². The van der Waals surface area contributed by atoms with Crippen molar-refractivity contribution in [3.8, 4) is 0 Å². The second kappa shape index (κ2) is 6.13. The third kappa shape index (κ3) is 3.40. The molecule has 19 heavy (non-hydrogen) atoms. The zero-order chi connectivity index (χ0) is 13.7. The molecule has 0 aliphatic heterocycles. The summed E-state index contributed by atoms with van der Waals surface area (Å²) in [6, 6.07) is 18.2. The van der Waals surface area contributed by atoms with E-state index in [2.05, 4.69) is 0 Å². The average Bonchev–Trinajstić information content (AvgIpc) is 2.40. The molecule has 0 aliphatic carbocycles. The van der Waals surface area contributed by atoms with E-state index in [-0.39, 0.29) is 0 Å². The standard InChI is InChI=1S/C15H15NO3/c17-14(18)11-16(19)15(12-7-3-1-4-8-12)13-9-5-2-6-10-13/h1-10,15,19H,11H2,(H,17,18). The molecule has 0 unspecified atom stereocenters. The maximum atomic E-state index is 10.8. The highest BCUT2D eigenvalue weighted by atomic mass is 16.5. The van der Waals surface area contributed by atoms with E-state index in [1.807, 2.05) is 60.7 Å². The van der Waals surface area contributed by atoms with Crippen LogP contribution < -0.4 is 0 Å². The lowest BCUT2D eigenvalue weighted by atomic mass is 9.98. The first-order valence-corrected chi connectivity index (χ1v) is 5.95. The first-order chi connectivity index (χ1) is 9.18. The van der Waals surface area contributed by atoms with Crippen LogP contribution in [0.1, 0.15) is 17.2 Å². The predicted molar refractivity (Wildman–Crippen MR) is 70.9 cm³/mol. The Kier molecular flexibility index (Phi) is 4.28. The van der Waals surface area contributed by atoms with Gasteiger partial charge in [-0.3, -0.25) is 4.79 Å². The Bertz CT molecular complexity index is 488. The third-order valence-electron chi connectivity index (χ3n) is 2.83. The number of carboxylic acids is 1. The van der Waals surface area contributed by atoms with Gasteiger partial charge in [-0.05, 0) is 11.1 Å². The molecule has 0 saturated carbocycles. The molecule has 0 aromatic heterocycles. The number of aliphatic carboxylic acids is 1. The summed E-state index contributed by atoms with van der Waals surface area (Å²) in [5, 5.41) is 19.7. The van der Waals surface area contributed by atoms with Gasteiger partial charge in [0.1, 0.15) is 6.54 Å². The second-order valence-electron chi connectivity index (χ2n) is 4.22. The van der Waals surface area contributed by atoms with Gasteiger partial charge in [0.05, 0.1) is 6.04 Å². The number of hydrogen-bond acceptors (Lipinski definition) is 3. The molecule has 0 fully saturated rings. The van der Waals surface area contributed by atoms with Crippen molar-refractivity contribution >= 4 is 5.97 Å². The number of benzene rings is 2. The van der Waals surface area contributed by atoms with Gasteiger partial charge in [0.2, 0.25) is 0 Å². The van der Waals surface area contributed by atoms with Crippen LogP contribution >= 0.6 is 0 Å². The van der Waals surface area contributed by atoms with Gasteiger partial charge in [-0.15, -0.1) is 0 Å². The summed E-state index contributed by atoms with van der Waals surface area (Å²) in [4.78, 5) is 10.8. The molecule has 0 saturated heterocycles. The summed E-state index contributed by atoms with van der Waals surface area (Å²) >= 11 is 0. The van der Waals surface area contributed by atoms with E-state index in [0.29, 0.717) is 0 Å². The van der Waals surface area contributed by atoms with Gasteiger partial charge in [0.25, 0.3) is 0 Å². The number of rotatable bonds is 5. The molecule has 0 bridgehead atoms. The Labute approximate surface area is 111 Å². The number of carboxylic acid groups (broad SMARTS) is 1. The Morgan fingerprint density at radius 2 is 1.37 bits per heavy atom. The maximum absolute atomic E-state index is 10.8. The normalized spacial score (nSPS) is 10.9. The number of hydrogen-bond donors (Lipinski definition) is 2. The molecule has 2 N–H and O–H groups in total. The van der Waals surface area contributed by atoms with Crippen LogP contribution in [0.3, 0.4) is 0 Å². The largest absolute Gasteiger partial charge is 0.480 e. The molecule has 0 atom stereocenters. The van der Waals surface area contributed by atoms with Crippen molar-refractivity contribution in [1.82, 2.24) is 5.06 Å². The monoisotopic (exact) mass is 257 g/mol. The molecule has 4 heteroatoms. The van der Waals surface area contributed by atoms with Crippen molar-refractivity contribution in [2.75, 3.05) is 6.54 Å². The lowest BCUT2D eigenvalue weighted by Crippen LogP contribution is -2.31. The summed E-state index contributed by atoms with van der Waals surface area (Å²) < 4.78 is 0. The lowest BCUT2D eigenvalue weighted by molar-refractivity contribution is -0.159. The molecular formula is C15H15NO3. The minimum absolute atomic E-state index is 0.436. The van der Waals surface area contributed by atoms with Crippen LogP contribution in [0.15, 0.2) is 60.7 Å². The van der Waals surface area contributed by atoms with E-state index in [1.54, 1.807) is 0 Å². The van der Waals surface area contributed by atoms with Crippen LogP contribution in [-0.2, 0) is 4.79 Å². The summed E-state index contributed by atoms with van der Waals surface area (Å²) in [5.41, 5.74) is 1.69. The maximum Gasteiger partial charge on any atom is 0.320 e. The molecule has 2 aromatic rings. The van der Waals surface area contributed by atoms with E-state index in [1.165, 1.54) is 0 Å². The molecular weight excluding hydrogens is 242 g/mol. The van der Waals surface area contributed by atoms with E-state index >= 15 is 0 Å². The second-order valence-corrected chi connectivity index (χ2v) is 4.22. The van der Waals surface area contributed by atoms with Crippen molar-refractivity contribution < 1.29 is 15.1 Å². The van der Waals surface area contributed by atoms with Gasteiger partial charge in [-0.2, -0.15) is 5.06 Å². The highest BCUT2D eigenvalue weighted by Gasteiger charge is 2.22. The summed E-state index contributed by atoms with van der Waals surface area (Å²) in [5.74, 6) is -1.07. The zero-order valence-electron chi connectivity index (χ0n) is 10.3. The zero-order valence-corrected chi connectivity index (χ0v) is 10.3. The fraction of sp³-hybridized carbons (Fsp3) is 0.133. The Balaban J connectivity index is 2.37. The van der Waals surface area contributed by atoms with Gasteiger partial charge in [0.15, 0.2) is 0 Å². The highest BCUT2D eigenvalue weighted by molar-refractivity contribution is 5.69. The fourth-order valence-electron chi connectivity index (χ4n) is 2.04. The van der Waals surface area contributed by atoms with Gasteiger partial charge < -0.3 is 10.3 Å². The average molecular weight is 257 g/mol. The molecule has 0 heterocycles. The van der Waals surface area contributed by atoms with Crippen LogP contribution in [0.5, 0.6) is 0 Å². The van der Waals surface area contributed by atoms with Crippen LogP contribution in [0.25, 0.3) is 0 Å². The minimum Gasteiger partial charge on any atom is -0.480 e. The Morgan fingerprint density at radius 1 is 0.947 bits per heavy atom. The Morgan fingerprint density at radius 3 is 1.74 bits per heavy atom. The quantitative estimate of drug-likeness (QED) is 0.808. The lowest BCUT2D eigenvalue weighted by Gasteiger charge is -2.25. The van der Waals surface area contributed by atoms with Crippen LogP contribution in [-0.4, -0.2) is 27.9 Å². The van der Waals surface area contributed by atoms with Gasteiger partial charge >= 0.3 is 5.97 Å². The molecule has 2 aromatic carbocycles. The predicted octanol–water partition coefficient (Wildman–Crippen LogP) is 2.55. The van der Waals surface area contributed by atoms with Crippen LogP contribution in [0.4, 0.5) is 0 Å².